The molecule has 1 atom stereocenters. The number of ether oxygens (including phenoxy) is 3. The van der Waals surface area contributed by atoms with E-state index in [1.165, 1.54) is 0 Å². The summed E-state index contributed by atoms with van der Waals surface area (Å²) in [5.74, 6) is 2.19. The molecule has 1 aliphatic heterocycles. The summed E-state index contributed by atoms with van der Waals surface area (Å²) in [6.45, 7) is 1.53. The van der Waals surface area contributed by atoms with E-state index in [-0.39, 0.29) is 0 Å². The Morgan fingerprint density at radius 2 is 2.10 bits per heavy atom. The van der Waals surface area contributed by atoms with Gasteiger partial charge in [0.25, 0.3) is 0 Å². The Morgan fingerprint density at radius 1 is 1.24 bits per heavy atom. The summed E-state index contributed by atoms with van der Waals surface area (Å²) in [6.07, 6.45) is 2.57. The lowest BCUT2D eigenvalue weighted by molar-refractivity contribution is 0.193. The summed E-state index contributed by atoms with van der Waals surface area (Å²) < 4.78 is 16.2. The summed E-state index contributed by atoms with van der Waals surface area (Å²) in [5.41, 5.74) is 0.757. The molecule has 1 aromatic heterocycles. The molecule has 0 bridgehead atoms. The minimum Gasteiger partial charge on any atom is -0.493 e. The van der Waals surface area contributed by atoms with Crippen molar-refractivity contribution in [3.05, 3.63) is 18.5 Å². The van der Waals surface area contributed by atoms with Gasteiger partial charge in [0.2, 0.25) is 0 Å². The molecule has 0 spiro atoms. The number of methoxy groups -OCH3 is 2. The highest BCUT2D eigenvalue weighted by molar-refractivity contribution is 5.95. The first-order valence-corrected chi connectivity index (χ1v) is 6.92. The second-order valence-corrected chi connectivity index (χ2v) is 5.02. The van der Waals surface area contributed by atoms with Crippen LogP contribution in [-0.2, 0) is 4.74 Å². The molecular weight excluding hydrogens is 270 g/mol. The minimum atomic E-state index is 0.344. The lowest BCUT2D eigenvalue weighted by Crippen LogP contribution is -2.32. The van der Waals surface area contributed by atoms with E-state index in [2.05, 4.69) is 14.9 Å². The van der Waals surface area contributed by atoms with Gasteiger partial charge in [-0.3, -0.25) is 0 Å². The number of aromatic nitrogens is 2. The van der Waals surface area contributed by atoms with Gasteiger partial charge in [-0.15, -0.1) is 0 Å². The number of hydrogen-bond donors (Lipinski definition) is 0. The summed E-state index contributed by atoms with van der Waals surface area (Å²) in [7, 11) is 5.28. The van der Waals surface area contributed by atoms with E-state index >= 15 is 0 Å². The van der Waals surface area contributed by atoms with E-state index in [1.807, 2.05) is 19.2 Å². The van der Waals surface area contributed by atoms with Gasteiger partial charge in [0.15, 0.2) is 11.5 Å². The maximum Gasteiger partial charge on any atom is 0.187 e. The number of fused-ring (bicyclic) bond motifs is 1. The highest BCUT2D eigenvalue weighted by Crippen LogP contribution is 2.37. The van der Waals surface area contributed by atoms with E-state index in [1.54, 1.807) is 20.5 Å². The van der Waals surface area contributed by atoms with Crippen LogP contribution in [0.15, 0.2) is 18.5 Å². The van der Waals surface area contributed by atoms with E-state index in [0.717, 1.165) is 36.4 Å². The highest BCUT2D eigenvalue weighted by Gasteiger charge is 2.24. The number of nitrogens with zero attached hydrogens (tertiary/aromatic N) is 3. The van der Waals surface area contributed by atoms with Crippen molar-refractivity contribution in [1.29, 1.82) is 0 Å². The van der Waals surface area contributed by atoms with Crippen molar-refractivity contribution >= 4 is 16.7 Å². The Labute approximate surface area is 123 Å². The third-order valence-electron chi connectivity index (χ3n) is 3.91. The van der Waals surface area contributed by atoms with Gasteiger partial charge in [-0.2, -0.15) is 0 Å². The molecule has 1 aliphatic rings. The van der Waals surface area contributed by atoms with Gasteiger partial charge in [-0.1, -0.05) is 0 Å². The average molecular weight is 289 g/mol. The molecule has 6 heteroatoms. The van der Waals surface area contributed by atoms with Gasteiger partial charge in [0.1, 0.15) is 17.7 Å². The second-order valence-electron chi connectivity index (χ2n) is 5.02. The van der Waals surface area contributed by atoms with Crippen molar-refractivity contribution in [2.24, 2.45) is 0 Å². The average Bonchev–Trinajstić information content (AvgIpc) is 3.06. The second kappa shape index (κ2) is 5.73. The molecule has 0 amide bonds. The molecule has 21 heavy (non-hydrogen) atoms. The normalized spacial score (nSPS) is 18.0. The first-order chi connectivity index (χ1) is 10.3. The smallest absolute Gasteiger partial charge is 0.187 e. The Bertz CT molecular complexity index is 641. The molecule has 0 radical (unpaired) electrons. The highest BCUT2D eigenvalue weighted by atomic mass is 16.5. The van der Waals surface area contributed by atoms with Crippen molar-refractivity contribution < 1.29 is 14.2 Å². The summed E-state index contributed by atoms with van der Waals surface area (Å²) in [5, 5.41) is 0.949. The van der Waals surface area contributed by atoms with Gasteiger partial charge >= 0.3 is 0 Å². The van der Waals surface area contributed by atoms with Crippen molar-refractivity contribution in [2.75, 3.05) is 39.4 Å². The number of rotatable bonds is 4. The third kappa shape index (κ3) is 2.35. The van der Waals surface area contributed by atoms with Gasteiger partial charge in [0.05, 0.1) is 26.9 Å². The third-order valence-corrected chi connectivity index (χ3v) is 3.91. The molecule has 1 fully saturated rings. The van der Waals surface area contributed by atoms with E-state index < -0.39 is 0 Å². The number of likely N-dealkylation sites (N-methyl/N-ethyl adjacent to an activating group) is 1. The molecule has 1 saturated heterocycles. The van der Waals surface area contributed by atoms with Crippen LogP contribution in [0, 0.1) is 0 Å². The van der Waals surface area contributed by atoms with Crippen LogP contribution < -0.4 is 14.4 Å². The molecule has 0 saturated carbocycles. The summed E-state index contributed by atoms with van der Waals surface area (Å²) >= 11 is 0. The van der Waals surface area contributed by atoms with Crippen LogP contribution in [0.1, 0.15) is 6.42 Å². The molecule has 3 rings (SSSR count). The Morgan fingerprint density at radius 3 is 2.76 bits per heavy atom. The van der Waals surface area contributed by atoms with Gasteiger partial charge in [-0.25, -0.2) is 9.97 Å². The van der Waals surface area contributed by atoms with Crippen LogP contribution in [0.5, 0.6) is 11.5 Å². The molecule has 0 unspecified atom stereocenters. The summed E-state index contributed by atoms with van der Waals surface area (Å²) in [6, 6.07) is 4.20. The topological polar surface area (TPSA) is 56.7 Å². The van der Waals surface area contributed by atoms with E-state index in [9.17, 15) is 0 Å². The van der Waals surface area contributed by atoms with Gasteiger partial charge < -0.3 is 19.1 Å². The van der Waals surface area contributed by atoms with Crippen molar-refractivity contribution in [3.8, 4) is 11.5 Å². The van der Waals surface area contributed by atoms with E-state index in [0.29, 0.717) is 17.5 Å². The van der Waals surface area contributed by atoms with Crippen LogP contribution >= 0.6 is 0 Å². The van der Waals surface area contributed by atoms with Crippen LogP contribution in [-0.4, -0.2) is 50.5 Å². The maximum atomic E-state index is 5.46. The zero-order valence-corrected chi connectivity index (χ0v) is 12.5. The molecule has 0 aliphatic carbocycles. The molecule has 6 nitrogen and oxygen atoms in total. The van der Waals surface area contributed by atoms with Gasteiger partial charge in [-0.05, 0) is 18.6 Å². The van der Waals surface area contributed by atoms with Crippen LogP contribution in [0.3, 0.4) is 0 Å². The first kappa shape index (κ1) is 13.9. The Kier molecular flexibility index (Phi) is 3.79. The van der Waals surface area contributed by atoms with Crippen molar-refractivity contribution in [1.82, 2.24) is 9.97 Å². The molecule has 0 N–H and O–H groups in total. The zero-order chi connectivity index (χ0) is 14.8. The predicted octanol–water partition coefficient (Wildman–Crippen LogP) is 1.87. The SMILES string of the molecule is COc1ccc2c(N(C)[C@H]3CCOC3)ncnc2c1OC. The fourth-order valence-electron chi connectivity index (χ4n) is 2.71. The molecule has 1 aromatic carbocycles. The fraction of sp³-hybridized carbons (Fsp3) is 0.467. The minimum absolute atomic E-state index is 0.344. The van der Waals surface area contributed by atoms with Crippen LogP contribution in [0.2, 0.25) is 0 Å². The predicted molar refractivity (Wildman–Crippen MR) is 80.3 cm³/mol. The Balaban J connectivity index is 2.11. The monoisotopic (exact) mass is 289 g/mol. The lowest BCUT2D eigenvalue weighted by atomic mass is 10.1. The number of benzene rings is 1. The number of anilines is 1. The Hall–Kier alpha value is -2.08. The standard InChI is InChI=1S/C15H19N3O3/c1-18(10-6-7-21-8-10)15-11-4-5-12(19-2)14(20-3)13(11)16-9-17-15/h4-5,9-10H,6-8H2,1-3H3/t10-/m0/s1. The molecule has 112 valence electrons. The molecule has 2 heterocycles. The molecule has 2 aromatic rings. The van der Waals surface area contributed by atoms with Crippen molar-refractivity contribution in [3.63, 3.8) is 0 Å². The first-order valence-electron chi connectivity index (χ1n) is 6.92. The van der Waals surface area contributed by atoms with E-state index in [4.69, 9.17) is 14.2 Å². The van der Waals surface area contributed by atoms with Crippen LogP contribution in [0.25, 0.3) is 10.9 Å². The zero-order valence-electron chi connectivity index (χ0n) is 12.5. The van der Waals surface area contributed by atoms with Crippen LogP contribution in [0.4, 0.5) is 5.82 Å². The van der Waals surface area contributed by atoms with Crippen molar-refractivity contribution in [2.45, 2.75) is 12.5 Å². The number of hydrogen-bond acceptors (Lipinski definition) is 6. The largest absolute Gasteiger partial charge is 0.493 e. The lowest BCUT2D eigenvalue weighted by Gasteiger charge is -2.25. The summed E-state index contributed by atoms with van der Waals surface area (Å²) in [4.78, 5) is 11.0. The van der Waals surface area contributed by atoms with Gasteiger partial charge in [0, 0.05) is 19.0 Å². The maximum absolute atomic E-state index is 5.46. The fourth-order valence-corrected chi connectivity index (χ4v) is 2.71. The quantitative estimate of drug-likeness (QED) is 0.856. The molecular formula is C15H19N3O3.